The fourth-order valence-corrected chi connectivity index (χ4v) is 2.50. The monoisotopic (exact) mass is 247 g/mol. The predicted octanol–water partition coefficient (Wildman–Crippen LogP) is 3.27. The summed E-state index contributed by atoms with van der Waals surface area (Å²) in [5, 5.41) is 6.64. The summed E-state index contributed by atoms with van der Waals surface area (Å²) in [5.41, 5.74) is 2.26. The molecule has 0 aromatic carbocycles. The predicted molar refractivity (Wildman–Crippen MR) is 72.1 cm³/mol. The number of nitrogens with one attached hydrogen (secondary N) is 1. The third-order valence-corrected chi connectivity index (χ3v) is 3.50. The Morgan fingerprint density at radius 2 is 2.12 bits per heavy atom. The van der Waals surface area contributed by atoms with Gasteiger partial charge in [0.25, 0.3) is 0 Å². The second-order valence-corrected chi connectivity index (χ2v) is 4.85. The highest BCUT2D eigenvalue weighted by Crippen LogP contribution is 2.25. The number of rotatable bonds is 5. The molecule has 0 aliphatic carbocycles. The molecule has 0 saturated heterocycles. The molecule has 2 aromatic heterocycles. The van der Waals surface area contributed by atoms with Gasteiger partial charge in [0, 0.05) is 29.4 Å². The van der Waals surface area contributed by atoms with E-state index in [9.17, 15) is 0 Å². The topological polar surface area (TPSA) is 37.8 Å². The molecule has 0 fully saturated rings. The maximum absolute atomic E-state index is 4.66. The molecule has 1 N–H and O–H groups in total. The van der Waals surface area contributed by atoms with Gasteiger partial charge in [-0.25, -0.2) is 4.98 Å². The third-order valence-electron chi connectivity index (χ3n) is 2.59. The largest absolute Gasteiger partial charge is 0.309 e. The van der Waals surface area contributed by atoms with Crippen molar-refractivity contribution in [1.82, 2.24) is 15.3 Å². The van der Waals surface area contributed by atoms with Gasteiger partial charge in [0.1, 0.15) is 5.01 Å². The Morgan fingerprint density at radius 1 is 1.35 bits per heavy atom. The van der Waals surface area contributed by atoms with Gasteiger partial charge in [-0.2, -0.15) is 0 Å². The molecule has 0 saturated carbocycles. The zero-order chi connectivity index (χ0) is 12.1. The van der Waals surface area contributed by atoms with E-state index in [1.165, 1.54) is 0 Å². The van der Waals surface area contributed by atoms with E-state index in [1.54, 1.807) is 23.7 Å². The van der Waals surface area contributed by atoms with Crippen molar-refractivity contribution in [3.8, 4) is 10.6 Å². The molecular weight excluding hydrogens is 230 g/mol. The zero-order valence-corrected chi connectivity index (χ0v) is 11.0. The number of pyridine rings is 1. The summed E-state index contributed by atoms with van der Waals surface area (Å²) in [6, 6.07) is 4.31. The van der Waals surface area contributed by atoms with Crippen molar-refractivity contribution < 1.29 is 0 Å². The maximum atomic E-state index is 4.66. The van der Waals surface area contributed by atoms with Gasteiger partial charge in [-0.15, -0.1) is 11.3 Å². The molecule has 0 aliphatic rings. The smallest absolute Gasteiger partial charge is 0.123 e. The normalized spacial score (nSPS) is 12.6. The van der Waals surface area contributed by atoms with Gasteiger partial charge in [-0.3, -0.25) is 4.98 Å². The first-order valence-electron chi connectivity index (χ1n) is 5.90. The van der Waals surface area contributed by atoms with Gasteiger partial charge in [0.2, 0.25) is 0 Å². The quantitative estimate of drug-likeness (QED) is 0.881. The molecular formula is C13H17N3S. The maximum Gasteiger partial charge on any atom is 0.123 e. The molecule has 2 rings (SSSR count). The molecule has 17 heavy (non-hydrogen) atoms. The summed E-state index contributed by atoms with van der Waals surface area (Å²) in [6.45, 7) is 5.35. The van der Waals surface area contributed by atoms with Crippen LogP contribution in [0.15, 0.2) is 29.9 Å². The van der Waals surface area contributed by atoms with Crippen molar-refractivity contribution in [2.45, 2.75) is 26.3 Å². The molecule has 1 unspecified atom stereocenters. The molecule has 0 radical (unpaired) electrons. The van der Waals surface area contributed by atoms with E-state index in [1.807, 2.05) is 12.1 Å². The minimum Gasteiger partial charge on any atom is -0.309 e. The van der Waals surface area contributed by atoms with Crippen LogP contribution in [0.4, 0.5) is 0 Å². The first kappa shape index (κ1) is 12.2. The van der Waals surface area contributed by atoms with Crippen molar-refractivity contribution in [3.63, 3.8) is 0 Å². The van der Waals surface area contributed by atoms with Crippen LogP contribution in [0.2, 0.25) is 0 Å². The molecule has 0 spiro atoms. The van der Waals surface area contributed by atoms with Crippen molar-refractivity contribution >= 4 is 11.3 Å². The third kappa shape index (κ3) is 3.11. The van der Waals surface area contributed by atoms with E-state index in [0.29, 0.717) is 6.04 Å². The van der Waals surface area contributed by atoms with Gasteiger partial charge in [0.15, 0.2) is 0 Å². The highest BCUT2D eigenvalue weighted by atomic mass is 32.1. The highest BCUT2D eigenvalue weighted by molar-refractivity contribution is 7.13. The summed E-state index contributed by atoms with van der Waals surface area (Å²) < 4.78 is 0. The van der Waals surface area contributed by atoms with Crippen LogP contribution in [0.5, 0.6) is 0 Å². The Bertz CT molecular complexity index is 453. The van der Waals surface area contributed by atoms with Gasteiger partial charge in [-0.1, -0.05) is 6.92 Å². The van der Waals surface area contributed by atoms with Crippen LogP contribution in [0, 0.1) is 0 Å². The molecule has 0 aliphatic heterocycles. The lowest BCUT2D eigenvalue weighted by atomic mass is 10.2. The Hall–Kier alpha value is -1.26. The minimum atomic E-state index is 0.321. The van der Waals surface area contributed by atoms with Crippen molar-refractivity contribution in [2.75, 3.05) is 6.54 Å². The van der Waals surface area contributed by atoms with E-state index >= 15 is 0 Å². The molecule has 2 heterocycles. The Balaban J connectivity index is 2.11. The first-order chi connectivity index (χ1) is 8.31. The number of aromatic nitrogens is 2. The highest BCUT2D eigenvalue weighted by Gasteiger charge is 2.09. The average molecular weight is 247 g/mol. The summed E-state index contributed by atoms with van der Waals surface area (Å²) in [7, 11) is 0. The first-order valence-corrected chi connectivity index (χ1v) is 6.78. The second kappa shape index (κ2) is 5.89. The van der Waals surface area contributed by atoms with Crippen LogP contribution in [0.25, 0.3) is 10.6 Å². The second-order valence-electron chi connectivity index (χ2n) is 3.99. The van der Waals surface area contributed by atoms with Crippen LogP contribution in [0.1, 0.15) is 32.0 Å². The van der Waals surface area contributed by atoms with Crippen molar-refractivity contribution in [1.29, 1.82) is 0 Å². The van der Waals surface area contributed by atoms with E-state index < -0.39 is 0 Å². The van der Waals surface area contributed by atoms with Crippen LogP contribution < -0.4 is 5.32 Å². The van der Waals surface area contributed by atoms with Crippen LogP contribution in [-0.2, 0) is 0 Å². The van der Waals surface area contributed by atoms with Gasteiger partial charge in [-0.05, 0) is 32.0 Å². The Kier molecular flexibility index (Phi) is 4.23. The van der Waals surface area contributed by atoms with E-state index in [-0.39, 0.29) is 0 Å². The Labute approximate surface area is 106 Å². The average Bonchev–Trinajstić information content (AvgIpc) is 2.86. The number of hydrogen-bond acceptors (Lipinski definition) is 4. The molecule has 0 amide bonds. The fourth-order valence-electron chi connectivity index (χ4n) is 1.58. The summed E-state index contributed by atoms with van der Waals surface area (Å²) in [5.74, 6) is 0. The summed E-state index contributed by atoms with van der Waals surface area (Å²) in [4.78, 5) is 8.68. The van der Waals surface area contributed by atoms with Crippen molar-refractivity contribution in [2.24, 2.45) is 0 Å². The number of hydrogen-bond donors (Lipinski definition) is 1. The molecule has 4 heteroatoms. The molecule has 2 aromatic rings. The van der Waals surface area contributed by atoms with Crippen LogP contribution in [-0.4, -0.2) is 16.5 Å². The van der Waals surface area contributed by atoms with Gasteiger partial charge < -0.3 is 5.32 Å². The van der Waals surface area contributed by atoms with Gasteiger partial charge >= 0.3 is 0 Å². The van der Waals surface area contributed by atoms with Crippen LogP contribution >= 0.6 is 11.3 Å². The zero-order valence-electron chi connectivity index (χ0n) is 10.2. The standard InChI is InChI=1S/C13H17N3S/c1-3-6-15-10(2)12-9-17-13(16-12)11-4-7-14-8-5-11/h4-5,7-10,15H,3,6H2,1-2H3. The SMILES string of the molecule is CCCNC(C)c1csc(-c2ccncc2)n1. The van der Waals surface area contributed by atoms with Crippen molar-refractivity contribution in [3.05, 3.63) is 35.6 Å². The lowest BCUT2D eigenvalue weighted by Crippen LogP contribution is -2.19. The Morgan fingerprint density at radius 3 is 2.82 bits per heavy atom. The van der Waals surface area contributed by atoms with E-state index in [2.05, 4.69) is 34.5 Å². The molecule has 3 nitrogen and oxygen atoms in total. The fraction of sp³-hybridized carbons (Fsp3) is 0.385. The molecule has 1 atom stereocenters. The van der Waals surface area contributed by atoms with E-state index in [4.69, 9.17) is 0 Å². The molecule has 0 bridgehead atoms. The van der Waals surface area contributed by atoms with Gasteiger partial charge in [0.05, 0.1) is 5.69 Å². The molecule has 90 valence electrons. The number of thiazole rings is 1. The van der Waals surface area contributed by atoms with Crippen LogP contribution in [0.3, 0.4) is 0 Å². The summed E-state index contributed by atoms with van der Waals surface area (Å²) >= 11 is 1.69. The summed E-state index contributed by atoms with van der Waals surface area (Å²) in [6.07, 6.45) is 4.75. The number of nitrogens with zero attached hydrogens (tertiary/aromatic N) is 2. The minimum absolute atomic E-state index is 0.321. The lowest BCUT2D eigenvalue weighted by molar-refractivity contribution is 0.561. The van der Waals surface area contributed by atoms with E-state index in [0.717, 1.165) is 29.2 Å². The lowest BCUT2D eigenvalue weighted by Gasteiger charge is -2.09.